The first kappa shape index (κ1) is 6.62. The molecule has 2 heteroatoms. The van der Waals surface area contributed by atoms with E-state index in [1.165, 1.54) is 12.8 Å². The van der Waals surface area contributed by atoms with Gasteiger partial charge in [-0.2, -0.15) is 0 Å². The van der Waals surface area contributed by atoms with Gasteiger partial charge in [0.15, 0.2) is 6.29 Å². The number of rotatable bonds is 0. The lowest BCUT2D eigenvalue weighted by Gasteiger charge is -2.22. The molecule has 0 radical (unpaired) electrons. The topological polar surface area (TPSA) is 29.5 Å². The third-order valence-corrected chi connectivity index (χ3v) is 2.98. The molecule has 0 aromatic heterocycles. The van der Waals surface area contributed by atoms with Gasteiger partial charge in [-0.15, -0.1) is 0 Å². The van der Waals surface area contributed by atoms with Crippen molar-refractivity contribution in [3.8, 4) is 0 Å². The van der Waals surface area contributed by atoms with Crippen molar-refractivity contribution in [2.45, 2.75) is 44.5 Å². The number of aliphatic hydroxyl groups is 1. The van der Waals surface area contributed by atoms with Gasteiger partial charge in [0.05, 0.1) is 5.60 Å². The monoisotopic (exact) mass is 142 g/mol. The van der Waals surface area contributed by atoms with E-state index in [0.717, 1.165) is 12.8 Å². The summed E-state index contributed by atoms with van der Waals surface area (Å²) in [6.45, 7) is 2.13. The molecule has 58 valence electrons. The third kappa shape index (κ3) is 0.789. The maximum atomic E-state index is 9.18. The zero-order valence-electron chi connectivity index (χ0n) is 6.34. The number of ether oxygens (including phenoxy) is 1. The highest BCUT2D eigenvalue weighted by Crippen LogP contribution is 2.46. The highest BCUT2D eigenvalue weighted by molar-refractivity contribution is 4.94. The predicted octanol–water partition coefficient (Wildman–Crippen LogP) is 1.28. The molecule has 2 fully saturated rings. The van der Waals surface area contributed by atoms with Crippen LogP contribution in [-0.2, 0) is 4.74 Å². The van der Waals surface area contributed by atoms with Crippen molar-refractivity contribution in [1.29, 1.82) is 0 Å². The van der Waals surface area contributed by atoms with Gasteiger partial charge in [0.1, 0.15) is 0 Å². The normalized spacial score (nSPS) is 53.4. The lowest BCUT2D eigenvalue weighted by Crippen LogP contribution is -2.26. The van der Waals surface area contributed by atoms with Crippen molar-refractivity contribution in [3.05, 3.63) is 0 Å². The molecule has 1 aliphatic heterocycles. The van der Waals surface area contributed by atoms with Gasteiger partial charge < -0.3 is 9.84 Å². The minimum absolute atomic E-state index is 0.0272. The van der Waals surface area contributed by atoms with Crippen LogP contribution in [0.2, 0.25) is 0 Å². The summed E-state index contributed by atoms with van der Waals surface area (Å²) in [5.41, 5.74) is 0.0272. The second-order valence-corrected chi connectivity index (χ2v) is 3.71. The van der Waals surface area contributed by atoms with E-state index in [9.17, 15) is 5.11 Å². The van der Waals surface area contributed by atoms with Crippen LogP contribution in [0.5, 0.6) is 0 Å². The fourth-order valence-electron chi connectivity index (χ4n) is 2.33. The summed E-state index contributed by atoms with van der Waals surface area (Å²) in [5, 5.41) is 9.18. The number of aliphatic hydroxyl groups excluding tert-OH is 1. The van der Waals surface area contributed by atoms with Gasteiger partial charge in [-0.1, -0.05) is 6.42 Å². The van der Waals surface area contributed by atoms with Crippen LogP contribution < -0.4 is 0 Å². The van der Waals surface area contributed by atoms with Gasteiger partial charge in [0, 0.05) is 6.42 Å². The molecule has 1 aliphatic carbocycles. The van der Waals surface area contributed by atoms with E-state index in [0.29, 0.717) is 5.92 Å². The number of hydrogen-bond acceptors (Lipinski definition) is 2. The van der Waals surface area contributed by atoms with Gasteiger partial charge in [-0.25, -0.2) is 0 Å². The minimum atomic E-state index is -0.477. The van der Waals surface area contributed by atoms with Crippen LogP contribution in [-0.4, -0.2) is 17.0 Å². The largest absolute Gasteiger partial charge is 0.368 e. The van der Waals surface area contributed by atoms with E-state index in [2.05, 4.69) is 6.92 Å². The van der Waals surface area contributed by atoms with Crippen LogP contribution in [0.3, 0.4) is 0 Å². The lowest BCUT2D eigenvalue weighted by molar-refractivity contribution is -0.132. The van der Waals surface area contributed by atoms with Crippen LogP contribution in [0.4, 0.5) is 0 Å². The molecule has 1 N–H and O–H groups in total. The highest BCUT2D eigenvalue weighted by Gasteiger charge is 2.47. The van der Waals surface area contributed by atoms with E-state index in [4.69, 9.17) is 4.74 Å². The standard InChI is InChI=1S/C8H14O2/c1-8-4-2-3-6(8)5-7(9)10-8/h6-7,9H,2-5H2,1H3/t6-,7?,8-/m0/s1. The molecular weight excluding hydrogens is 128 g/mol. The molecule has 3 atom stereocenters. The van der Waals surface area contributed by atoms with Crippen LogP contribution in [0, 0.1) is 5.92 Å². The molecular formula is C8H14O2. The Bertz CT molecular complexity index is 146. The Kier molecular flexibility index (Phi) is 1.29. The zero-order valence-corrected chi connectivity index (χ0v) is 6.34. The van der Waals surface area contributed by atoms with Crippen LogP contribution in [0.15, 0.2) is 0 Å². The van der Waals surface area contributed by atoms with Gasteiger partial charge in [-0.05, 0) is 25.7 Å². The molecule has 0 amide bonds. The Morgan fingerprint density at radius 1 is 1.60 bits per heavy atom. The Morgan fingerprint density at radius 2 is 2.40 bits per heavy atom. The highest BCUT2D eigenvalue weighted by atomic mass is 16.6. The Balaban J connectivity index is 2.15. The molecule has 2 rings (SSSR count). The summed E-state index contributed by atoms with van der Waals surface area (Å²) in [6.07, 6.45) is 4.03. The number of hydrogen-bond donors (Lipinski definition) is 1. The maximum Gasteiger partial charge on any atom is 0.155 e. The average molecular weight is 142 g/mol. The van der Waals surface area contributed by atoms with Gasteiger partial charge >= 0.3 is 0 Å². The Labute approximate surface area is 61.2 Å². The molecule has 10 heavy (non-hydrogen) atoms. The molecule has 1 saturated heterocycles. The van der Waals surface area contributed by atoms with E-state index in [1.54, 1.807) is 0 Å². The Morgan fingerprint density at radius 3 is 3.10 bits per heavy atom. The second kappa shape index (κ2) is 1.95. The van der Waals surface area contributed by atoms with Crippen LogP contribution in [0.1, 0.15) is 32.6 Å². The molecule has 1 heterocycles. The van der Waals surface area contributed by atoms with Crippen LogP contribution in [0.25, 0.3) is 0 Å². The summed E-state index contributed by atoms with van der Waals surface area (Å²) in [5.74, 6) is 0.627. The summed E-state index contributed by atoms with van der Waals surface area (Å²) >= 11 is 0. The second-order valence-electron chi connectivity index (χ2n) is 3.71. The van der Waals surface area contributed by atoms with Crippen molar-refractivity contribution in [2.24, 2.45) is 5.92 Å². The predicted molar refractivity (Wildman–Crippen MR) is 37.5 cm³/mol. The smallest absolute Gasteiger partial charge is 0.155 e. The molecule has 1 unspecified atom stereocenters. The van der Waals surface area contributed by atoms with E-state index in [1.807, 2.05) is 0 Å². The Hall–Kier alpha value is -0.0800. The molecule has 0 aromatic carbocycles. The molecule has 2 aliphatic rings. The van der Waals surface area contributed by atoms with Crippen molar-refractivity contribution >= 4 is 0 Å². The zero-order chi connectivity index (χ0) is 7.19. The molecule has 0 spiro atoms. The quantitative estimate of drug-likeness (QED) is 0.552. The van der Waals surface area contributed by atoms with E-state index >= 15 is 0 Å². The first-order valence-corrected chi connectivity index (χ1v) is 4.06. The molecule has 0 aromatic rings. The maximum absolute atomic E-state index is 9.18. The van der Waals surface area contributed by atoms with Gasteiger partial charge in [-0.3, -0.25) is 0 Å². The first-order valence-electron chi connectivity index (χ1n) is 4.06. The van der Waals surface area contributed by atoms with Crippen molar-refractivity contribution in [3.63, 3.8) is 0 Å². The lowest BCUT2D eigenvalue weighted by atomic mass is 9.93. The fraction of sp³-hybridized carbons (Fsp3) is 1.00. The van der Waals surface area contributed by atoms with Gasteiger partial charge in [0.25, 0.3) is 0 Å². The molecule has 1 saturated carbocycles. The number of fused-ring (bicyclic) bond motifs is 1. The summed E-state index contributed by atoms with van der Waals surface area (Å²) in [4.78, 5) is 0. The summed E-state index contributed by atoms with van der Waals surface area (Å²) < 4.78 is 5.43. The minimum Gasteiger partial charge on any atom is -0.368 e. The summed E-state index contributed by atoms with van der Waals surface area (Å²) in [6, 6.07) is 0. The third-order valence-electron chi connectivity index (χ3n) is 2.98. The van der Waals surface area contributed by atoms with E-state index in [-0.39, 0.29) is 5.60 Å². The first-order chi connectivity index (χ1) is 4.71. The SMILES string of the molecule is C[C@]12CCC[C@H]1CC(O)O2. The van der Waals surface area contributed by atoms with E-state index < -0.39 is 6.29 Å². The summed E-state index contributed by atoms with van der Waals surface area (Å²) in [7, 11) is 0. The molecule has 0 bridgehead atoms. The molecule has 2 nitrogen and oxygen atoms in total. The van der Waals surface area contributed by atoms with Crippen LogP contribution >= 0.6 is 0 Å². The van der Waals surface area contributed by atoms with Crippen molar-refractivity contribution < 1.29 is 9.84 Å². The fourth-order valence-corrected chi connectivity index (χ4v) is 2.33. The van der Waals surface area contributed by atoms with Crippen molar-refractivity contribution in [2.75, 3.05) is 0 Å². The van der Waals surface area contributed by atoms with Gasteiger partial charge in [0.2, 0.25) is 0 Å². The van der Waals surface area contributed by atoms with Crippen molar-refractivity contribution in [1.82, 2.24) is 0 Å². The average Bonchev–Trinajstić information content (AvgIpc) is 2.20.